The predicted molar refractivity (Wildman–Crippen MR) is 150 cm³/mol. The van der Waals surface area contributed by atoms with Crippen LogP contribution in [-0.4, -0.2) is 34.0 Å². The molecule has 208 valence electrons. The van der Waals surface area contributed by atoms with Crippen LogP contribution in [0.1, 0.15) is 102 Å². The Morgan fingerprint density at radius 1 is 0.947 bits per heavy atom. The van der Waals surface area contributed by atoms with Crippen LogP contribution in [0.25, 0.3) is 0 Å². The summed E-state index contributed by atoms with van der Waals surface area (Å²) in [6.07, 6.45) is 14.6. The van der Waals surface area contributed by atoms with Gasteiger partial charge < -0.3 is 19.7 Å². The molecule has 3 atom stereocenters. The van der Waals surface area contributed by atoms with Gasteiger partial charge in [-0.1, -0.05) is 55.7 Å². The van der Waals surface area contributed by atoms with Crippen LogP contribution in [0, 0.1) is 5.92 Å². The van der Waals surface area contributed by atoms with E-state index in [2.05, 4.69) is 30.3 Å². The monoisotopic (exact) mass is 522 g/mol. The number of ether oxygens (including phenoxy) is 2. The van der Waals surface area contributed by atoms with Gasteiger partial charge in [0.1, 0.15) is 5.60 Å². The highest BCUT2D eigenvalue weighted by atomic mass is 16.6. The average Bonchev–Trinajstić information content (AvgIpc) is 3.41. The number of carbonyl (C=O) groups excluding carboxylic acids is 1. The zero-order valence-corrected chi connectivity index (χ0v) is 23.1. The van der Waals surface area contributed by atoms with Gasteiger partial charge in [-0.15, -0.1) is 0 Å². The number of aliphatic hydroxyl groups is 1. The number of benzene rings is 2. The predicted octanol–water partition coefficient (Wildman–Crippen LogP) is 7.30. The lowest BCUT2D eigenvalue weighted by Crippen LogP contribution is -2.45. The summed E-state index contributed by atoms with van der Waals surface area (Å²) in [5.74, 6) is 0.702. The number of carbonyl (C=O) groups is 1. The molecule has 0 aliphatic heterocycles. The molecule has 0 heterocycles. The maximum absolute atomic E-state index is 12.0. The largest absolute Gasteiger partial charge is 0.504 e. The van der Waals surface area contributed by atoms with Crippen molar-refractivity contribution in [1.82, 2.24) is 0 Å². The standard InChI is InChI=1S/C33H46O5/c1-25(34)38-33(21-19-27-17-18-30(35)32(23-27)37-29-15-9-10-16-29)22-20-28(31(36)24-33)14-8-3-2-5-11-26-12-6-4-7-13-26/h4,6-7,12-13,17-18,23,28-29,31,35-36H,2-3,5,8-11,14-16,19-22,24H2,1H3/t28-,31+,33+/m0/s1. The summed E-state index contributed by atoms with van der Waals surface area (Å²) >= 11 is 0. The fourth-order valence-corrected chi connectivity index (χ4v) is 6.40. The first kappa shape index (κ1) is 28.5. The van der Waals surface area contributed by atoms with E-state index in [4.69, 9.17) is 9.47 Å². The zero-order valence-electron chi connectivity index (χ0n) is 23.1. The van der Waals surface area contributed by atoms with E-state index in [-0.39, 0.29) is 23.7 Å². The van der Waals surface area contributed by atoms with Crippen molar-refractivity contribution in [3.05, 3.63) is 59.7 Å². The van der Waals surface area contributed by atoms with Crippen molar-refractivity contribution in [2.24, 2.45) is 5.92 Å². The minimum atomic E-state index is -0.637. The molecule has 2 fully saturated rings. The van der Waals surface area contributed by atoms with Gasteiger partial charge in [0, 0.05) is 13.3 Å². The van der Waals surface area contributed by atoms with Crippen LogP contribution in [0.5, 0.6) is 11.5 Å². The van der Waals surface area contributed by atoms with Gasteiger partial charge in [-0.3, -0.25) is 4.79 Å². The number of rotatable bonds is 13. The summed E-state index contributed by atoms with van der Waals surface area (Å²) in [5, 5.41) is 21.4. The Kier molecular flexibility index (Phi) is 10.5. The molecule has 5 nitrogen and oxygen atoms in total. The van der Waals surface area contributed by atoms with Crippen molar-refractivity contribution in [3.8, 4) is 11.5 Å². The Bertz CT molecular complexity index is 1000. The second-order valence-corrected chi connectivity index (χ2v) is 11.6. The number of unbranched alkanes of at least 4 members (excludes halogenated alkanes) is 3. The minimum Gasteiger partial charge on any atom is -0.504 e. The van der Waals surface area contributed by atoms with E-state index in [0.717, 1.165) is 50.5 Å². The summed E-state index contributed by atoms with van der Waals surface area (Å²) in [7, 11) is 0. The Balaban J connectivity index is 1.24. The molecule has 0 saturated heterocycles. The molecule has 2 aromatic carbocycles. The van der Waals surface area contributed by atoms with Gasteiger partial charge in [-0.05, 0) is 99.8 Å². The second kappa shape index (κ2) is 14.0. The molecule has 4 rings (SSSR count). The molecule has 0 spiro atoms. The van der Waals surface area contributed by atoms with E-state index in [9.17, 15) is 15.0 Å². The topological polar surface area (TPSA) is 76.0 Å². The molecule has 0 bridgehead atoms. The molecule has 2 saturated carbocycles. The lowest BCUT2D eigenvalue weighted by atomic mass is 9.72. The number of phenols is 1. The zero-order chi connectivity index (χ0) is 26.8. The van der Waals surface area contributed by atoms with Crippen LogP contribution in [0.4, 0.5) is 0 Å². The Labute approximate surface area is 228 Å². The first-order chi connectivity index (χ1) is 18.4. The first-order valence-electron chi connectivity index (χ1n) is 14.8. The smallest absolute Gasteiger partial charge is 0.303 e. The molecule has 2 N–H and O–H groups in total. The number of aryl methyl sites for hydroxylation is 2. The Morgan fingerprint density at radius 3 is 2.45 bits per heavy atom. The lowest BCUT2D eigenvalue weighted by molar-refractivity contribution is -0.168. The van der Waals surface area contributed by atoms with Gasteiger partial charge in [0.05, 0.1) is 12.2 Å². The summed E-state index contributed by atoms with van der Waals surface area (Å²) in [4.78, 5) is 12.0. The van der Waals surface area contributed by atoms with Crippen LogP contribution in [0.3, 0.4) is 0 Å². The Morgan fingerprint density at radius 2 is 1.71 bits per heavy atom. The SMILES string of the molecule is CC(=O)O[C@]1(CCc2ccc(O)c(OC3CCCC3)c2)CC[C@H](CCCCCCc2ccccc2)[C@H](O)C1. The molecule has 2 aliphatic rings. The van der Waals surface area contributed by atoms with E-state index in [1.807, 2.05) is 12.1 Å². The van der Waals surface area contributed by atoms with E-state index >= 15 is 0 Å². The van der Waals surface area contributed by atoms with Crippen molar-refractivity contribution in [2.45, 2.75) is 121 Å². The van der Waals surface area contributed by atoms with E-state index in [0.29, 0.717) is 25.0 Å². The van der Waals surface area contributed by atoms with Crippen molar-refractivity contribution < 1.29 is 24.5 Å². The van der Waals surface area contributed by atoms with E-state index < -0.39 is 11.7 Å². The second-order valence-electron chi connectivity index (χ2n) is 11.6. The normalized spacial score (nSPS) is 23.8. The fourth-order valence-electron chi connectivity index (χ4n) is 6.40. The molecular weight excluding hydrogens is 476 g/mol. The van der Waals surface area contributed by atoms with Crippen LogP contribution < -0.4 is 4.74 Å². The third-order valence-electron chi connectivity index (χ3n) is 8.58. The van der Waals surface area contributed by atoms with Gasteiger partial charge in [-0.25, -0.2) is 0 Å². The van der Waals surface area contributed by atoms with Crippen molar-refractivity contribution in [3.63, 3.8) is 0 Å². The lowest BCUT2D eigenvalue weighted by Gasteiger charge is -2.42. The summed E-state index contributed by atoms with van der Waals surface area (Å²) < 4.78 is 12.0. The molecule has 2 aliphatic carbocycles. The molecule has 5 heteroatoms. The summed E-state index contributed by atoms with van der Waals surface area (Å²) in [5.41, 5.74) is 1.82. The maximum atomic E-state index is 12.0. The van der Waals surface area contributed by atoms with Crippen molar-refractivity contribution >= 4 is 5.97 Å². The van der Waals surface area contributed by atoms with Crippen LogP contribution >= 0.6 is 0 Å². The van der Waals surface area contributed by atoms with Crippen LogP contribution in [0.2, 0.25) is 0 Å². The quantitative estimate of drug-likeness (QED) is 0.213. The third kappa shape index (κ3) is 8.49. The number of aliphatic hydroxyl groups excluding tert-OH is 1. The molecule has 2 aromatic rings. The van der Waals surface area contributed by atoms with Gasteiger partial charge >= 0.3 is 5.97 Å². The third-order valence-corrected chi connectivity index (χ3v) is 8.58. The average molecular weight is 523 g/mol. The Hall–Kier alpha value is -2.53. The van der Waals surface area contributed by atoms with Crippen LogP contribution in [0.15, 0.2) is 48.5 Å². The van der Waals surface area contributed by atoms with Crippen molar-refractivity contribution in [1.29, 1.82) is 0 Å². The van der Waals surface area contributed by atoms with Crippen molar-refractivity contribution in [2.75, 3.05) is 0 Å². The molecule has 0 unspecified atom stereocenters. The molecule has 0 aromatic heterocycles. The maximum Gasteiger partial charge on any atom is 0.303 e. The van der Waals surface area contributed by atoms with Gasteiger partial charge in [0.2, 0.25) is 0 Å². The number of aromatic hydroxyl groups is 1. The van der Waals surface area contributed by atoms with Crippen LogP contribution in [-0.2, 0) is 22.4 Å². The molecule has 0 radical (unpaired) electrons. The molecule has 38 heavy (non-hydrogen) atoms. The van der Waals surface area contributed by atoms with Gasteiger partial charge in [0.25, 0.3) is 0 Å². The van der Waals surface area contributed by atoms with Gasteiger partial charge in [-0.2, -0.15) is 0 Å². The van der Waals surface area contributed by atoms with E-state index in [1.54, 1.807) is 6.07 Å². The minimum absolute atomic E-state index is 0.173. The highest BCUT2D eigenvalue weighted by molar-refractivity contribution is 5.66. The van der Waals surface area contributed by atoms with Gasteiger partial charge in [0.15, 0.2) is 11.5 Å². The number of hydrogen-bond acceptors (Lipinski definition) is 5. The highest BCUT2D eigenvalue weighted by Gasteiger charge is 2.42. The summed E-state index contributed by atoms with van der Waals surface area (Å²) in [6, 6.07) is 16.2. The number of phenolic OH excluding ortho intramolecular Hbond substituents is 1. The fraction of sp³-hybridized carbons (Fsp3) is 0.606. The molecular formula is C33H46O5. The summed E-state index contributed by atoms with van der Waals surface area (Å²) in [6.45, 7) is 1.46. The first-order valence-corrected chi connectivity index (χ1v) is 14.8. The van der Waals surface area contributed by atoms with E-state index in [1.165, 1.54) is 44.6 Å². The molecule has 0 amide bonds. The number of hydrogen-bond donors (Lipinski definition) is 2. The highest BCUT2D eigenvalue weighted by Crippen LogP contribution is 2.41. The number of esters is 1.